The zero-order chi connectivity index (χ0) is 27.1. The first-order valence-corrected chi connectivity index (χ1v) is 12.7. The predicted octanol–water partition coefficient (Wildman–Crippen LogP) is 3.69. The number of rotatable bonds is 11. The summed E-state index contributed by atoms with van der Waals surface area (Å²) in [6, 6.07) is 13.7. The number of hydrogen-bond acceptors (Lipinski definition) is 7. The van der Waals surface area contributed by atoms with E-state index in [2.05, 4.69) is 23.5 Å². The first-order valence-electron chi connectivity index (χ1n) is 12.0. The van der Waals surface area contributed by atoms with Crippen molar-refractivity contribution >= 4 is 34.9 Å². The fourth-order valence-corrected chi connectivity index (χ4v) is 4.53. The maximum absolute atomic E-state index is 14.0. The molecule has 0 aliphatic heterocycles. The molecular weight excluding hydrogens is 490 g/mol. The van der Waals surface area contributed by atoms with Gasteiger partial charge >= 0.3 is 0 Å². The number of hydrogen-bond donors (Lipinski definition) is 3. The highest BCUT2D eigenvalue weighted by atomic mass is 32.1. The normalized spacial score (nSPS) is 11.7. The average molecular weight is 524 g/mol. The Morgan fingerprint density at radius 1 is 1.08 bits per heavy atom. The van der Waals surface area contributed by atoms with Crippen molar-refractivity contribution in [3.05, 3.63) is 75.8 Å². The lowest BCUT2D eigenvalue weighted by atomic mass is 10.0. The van der Waals surface area contributed by atoms with Crippen LogP contribution < -0.4 is 21.5 Å². The molecule has 0 fully saturated rings. The van der Waals surface area contributed by atoms with Crippen LogP contribution in [0.3, 0.4) is 0 Å². The van der Waals surface area contributed by atoms with Crippen LogP contribution in [0.15, 0.2) is 48.5 Å². The number of methoxy groups -OCH3 is 1. The molecule has 3 rings (SSSR count). The molecule has 2 aromatic carbocycles. The van der Waals surface area contributed by atoms with Gasteiger partial charge in [-0.2, -0.15) is 4.37 Å². The summed E-state index contributed by atoms with van der Waals surface area (Å²) in [5.41, 5.74) is 13.7. The van der Waals surface area contributed by atoms with E-state index < -0.39 is 17.9 Å². The minimum Gasteiger partial charge on any atom is -0.497 e. The topological polar surface area (TPSA) is 141 Å². The van der Waals surface area contributed by atoms with E-state index in [1.165, 1.54) is 4.90 Å². The molecule has 1 aromatic heterocycles. The molecule has 0 saturated heterocycles. The lowest BCUT2D eigenvalue weighted by Gasteiger charge is -2.31. The van der Waals surface area contributed by atoms with E-state index in [4.69, 9.17) is 16.2 Å². The first kappa shape index (κ1) is 27.7. The maximum atomic E-state index is 14.0. The summed E-state index contributed by atoms with van der Waals surface area (Å²) < 4.78 is 9.23. The Morgan fingerprint density at radius 2 is 1.73 bits per heavy atom. The van der Waals surface area contributed by atoms with Crippen molar-refractivity contribution in [3.8, 4) is 5.75 Å². The molecule has 37 heavy (non-hydrogen) atoms. The maximum Gasteiger partial charge on any atom is 0.270 e. The molecule has 0 radical (unpaired) electrons. The molecule has 9 nitrogen and oxygen atoms in total. The summed E-state index contributed by atoms with van der Waals surface area (Å²) in [6.45, 7) is 6.67. The van der Waals surface area contributed by atoms with Crippen molar-refractivity contribution in [2.45, 2.75) is 39.8 Å². The number of amides is 3. The molecule has 0 aliphatic carbocycles. The minimum absolute atomic E-state index is 0.0504. The summed E-state index contributed by atoms with van der Waals surface area (Å²) >= 11 is 0.787. The second-order valence-corrected chi connectivity index (χ2v) is 9.98. The number of anilines is 1. The van der Waals surface area contributed by atoms with Crippen LogP contribution in [-0.4, -0.2) is 40.6 Å². The SMILES string of the molecule is COc1ccc(CN(C(=O)c2snc(C(N)=O)c2N)[C@H](C(=O)NCCC(C)C)c2ccc(C)cc2)cc1. The van der Waals surface area contributed by atoms with Gasteiger partial charge in [-0.05, 0) is 54.1 Å². The smallest absolute Gasteiger partial charge is 0.270 e. The number of nitrogen functional groups attached to an aromatic ring is 1. The molecule has 10 heteroatoms. The van der Waals surface area contributed by atoms with Crippen molar-refractivity contribution in [2.24, 2.45) is 11.7 Å². The monoisotopic (exact) mass is 523 g/mol. The van der Waals surface area contributed by atoms with Crippen molar-refractivity contribution in [3.63, 3.8) is 0 Å². The van der Waals surface area contributed by atoms with Gasteiger partial charge in [0.2, 0.25) is 5.91 Å². The lowest BCUT2D eigenvalue weighted by Crippen LogP contribution is -2.43. The number of nitrogens with one attached hydrogen (secondary N) is 1. The van der Waals surface area contributed by atoms with Crippen LogP contribution in [-0.2, 0) is 11.3 Å². The van der Waals surface area contributed by atoms with E-state index in [1.54, 1.807) is 19.2 Å². The number of benzene rings is 2. The number of carbonyl (C=O) groups excluding carboxylic acids is 3. The summed E-state index contributed by atoms with van der Waals surface area (Å²) in [5.74, 6) is -0.594. The highest BCUT2D eigenvalue weighted by molar-refractivity contribution is 7.09. The number of ether oxygens (including phenoxy) is 1. The third-order valence-corrected chi connectivity index (χ3v) is 6.75. The number of nitrogens with two attached hydrogens (primary N) is 2. The van der Waals surface area contributed by atoms with Crippen molar-refractivity contribution in [1.29, 1.82) is 0 Å². The van der Waals surface area contributed by atoms with Crippen LogP contribution in [0.25, 0.3) is 0 Å². The van der Waals surface area contributed by atoms with Crippen LogP contribution in [0.1, 0.15) is 63.2 Å². The number of primary amides is 1. The van der Waals surface area contributed by atoms with Gasteiger partial charge in [0.15, 0.2) is 5.69 Å². The fraction of sp³-hybridized carbons (Fsp3) is 0.333. The Morgan fingerprint density at radius 3 is 2.27 bits per heavy atom. The highest BCUT2D eigenvalue weighted by Crippen LogP contribution is 2.31. The third kappa shape index (κ3) is 6.85. The van der Waals surface area contributed by atoms with Crippen molar-refractivity contribution < 1.29 is 19.1 Å². The number of aryl methyl sites for hydroxylation is 1. The van der Waals surface area contributed by atoms with E-state index in [-0.39, 0.29) is 28.7 Å². The van der Waals surface area contributed by atoms with Gasteiger partial charge in [-0.25, -0.2) is 0 Å². The molecule has 0 bridgehead atoms. The Hall–Kier alpha value is -3.92. The lowest BCUT2D eigenvalue weighted by molar-refractivity contribution is -0.126. The van der Waals surface area contributed by atoms with E-state index in [9.17, 15) is 14.4 Å². The molecular formula is C27H33N5O4S. The second-order valence-electron chi connectivity index (χ2n) is 9.21. The predicted molar refractivity (Wildman–Crippen MR) is 144 cm³/mol. The number of nitrogens with zero attached hydrogens (tertiary/aromatic N) is 2. The summed E-state index contributed by atoms with van der Waals surface area (Å²) in [4.78, 5) is 40.8. The Bertz CT molecular complexity index is 1240. The molecule has 0 spiro atoms. The average Bonchev–Trinajstić information content (AvgIpc) is 3.26. The Labute approximate surface area is 221 Å². The zero-order valence-corrected chi connectivity index (χ0v) is 22.3. The van der Waals surface area contributed by atoms with Crippen LogP contribution in [0, 0.1) is 12.8 Å². The number of carbonyl (C=O) groups is 3. The first-order chi connectivity index (χ1) is 17.6. The van der Waals surface area contributed by atoms with Crippen molar-refractivity contribution in [1.82, 2.24) is 14.6 Å². The van der Waals surface area contributed by atoms with Gasteiger partial charge in [0, 0.05) is 13.1 Å². The molecule has 0 unspecified atom stereocenters. The van der Waals surface area contributed by atoms with Gasteiger partial charge in [0.05, 0.1) is 12.8 Å². The Balaban J connectivity index is 2.08. The summed E-state index contributed by atoms with van der Waals surface area (Å²) in [6.07, 6.45) is 0.794. The van der Waals surface area contributed by atoms with Gasteiger partial charge in [-0.3, -0.25) is 14.4 Å². The van der Waals surface area contributed by atoms with E-state index in [1.807, 2.05) is 43.3 Å². The van der Waals surface area contributed by atoms with E-state index >= 15 is 0 Å². The molecule has 196 valence electrons. The fourth-order valence-electron chi connectivity index (χ4n) is 3.77. The molecule has 3 aromatic rings. The van der Waals surface area contributed by atoms with Gasteiger partial charge in [-0.15, -0.1) is 0 Å². The van der Waals surface area contributed by atoms with Gasteiger partial charge in [0.1, 0.15) is 16.7 Å². The van der Waals surface area contributed by atoms with Gasteiger partial charge in [0.25, 0.3) is 11.8 Å². The third-order valence-electron chi connectivity index (χ3n) is 5.90. The standard InChI is InChI=1S/C27H33N5O4S/c1-16(2)13-14-30-26(34)23(19-9-5-17(3)6-10-19)32(15-18-7-11-20(36-4)12-8-18)27(35)24-21(28)22(25(29)33)31-37-24/h5-12,16,23H,13-15,28H2,1-4H3,(H2,29,33)(H,30,34)/t23-/m0/s1. The van der Waals surface area contributed by atoms with Gasteiger partial charge in [-0.1, -0.05) is 55.8 Å². The molecule has 1 heterocycles. The molecule has 1 atom stereocenters. The van der Waals surface area contributed by atoms with Crippen LogP contribution in [0.5, 0.6) is 5.75 Å². The molecule has 0 saturated carbocycles. The Kier molecular flexibility index (Phi) is 9.24. The van der Waals surface area contributed by atoms with E-state index in [0.29, 0.717) is 23.8 Å². The number of aromatic nitrogens is 1. The van der Waals surface area contributed by atoms with Crippen LogP contribution >= 0.6 is 11.5 Å². The van der Waals surface area contributed by atoms with Crippen LogP contribution in [0.2, 0.25) is 0 Å². The zero-order valence-electron chi connectivity index (χ0n) is 21.5. The van der Waals surface area contributed by atoms with Gasteiger partial charge < -0.3 is 26.4 Å². The summed E-state index contributed by atoms with van der Waals surface area (Å²) in [5, 5.41) is 2.99. The molecule has 5 N–H and O–H groups in total. The molecule has 0 aliphatic rings. The summed E-state index contributed by atoms with van der Waals surface area (Å²) in [7, 11) is 1.57. The largest absolute Gasteiger partial charge is 0.497 e. The quantitative estimate of drug-likeness (QED) is 0.350. The van der Waals surface area contributed by atoms with Crippen LogP contribution in [0.4, 0.5) is 5.69 Å². The highest BCUT2D eigenvalue weighted by Gasteiger charge is 2.35. The van der Waals surface area contributed by atoms with Crippen molar-refractivity contribution in [2.75, 3.05) is 19.4 Å². The van der Waals surface area contributed by atoms with E-state index in [0.717, 1.165) is 29.1 Å². The molecule has 3 amide bonds. The second kappa shape index (κ2) is 12.4. The minimum atomic E-state index is -0.958.